The van der Waals surface area contributed by atoms with Crippen molar-refractivity contribution in [2.45, 2.75) is 0 Å². The maximum Gasteiger partial charge on any atom is 0.364 e. The summed E-state index contributed by atoms with van der Waals surface area (Å²) >= 11 is 0. The van der Waals surface area contributed by atoms with E-state index in [-0.39, 0.29) is 11.4 Å². The summed E-state index contributed by atoms with van der Waals surface area (Å²) < 4.78 is 34.9. The molecule has 27 heavy (non-hydrogen) atoms. The lowest BCUT2D eigenvalue weighted by atomic mass is 10.1. The van der Waals surface area contributed by atoms with Crippen molar-refractivity contribution in [2.24, 2.45) is 0 Å². The minimum atomic E-state index is -4.65. The Morgan fingerprint density at radius 1 is 1.11 bits per heavy atom. The summed E-state index contributed by atoms with van der Waals surface area (Å²) in [6.07, 6.45) is 3.92. The second-order valence-electron chi connectivity index (χ2n) is 5.49. The first-order valence-electron chi connectivity index (χ1n) is 7.74. The minimum Gasteiger partial charge on any atom is -0.288 e. The van der Waals surface area contributed by atoms with Crippen molar-refractivity contribution in [1.29, 1.82) is 0 Å². The largest absolute Gasteiger partial charge is 0.364 e. The molecule has 3 aromatic rings. The minimum absolute atomic E-state index is 0.167. The summed E-state index contributed by atoms with van der Waals surface area (Å²) in [6, 6.07) is 14.6. The molecule has 0 atom stereocenters. The molecule has 0 saturated carbocycles. The number of benzene rings is 2. The highest BCUT2D eigenvalue weighted by molar-refractivity contribution is 7.87. The Labute approximate surface area is 155 Å². The van der Waals surface area contributed by atoms with E-state index < -0.39 is 16.2 Å². The van der Waals surface area contributed by atoms with Gasteiger partial charge in [-0.2, -0.15) is 8.42 Å². The molecule has 2 aromatic carbocycles. The highest BCUT2D eigenvalue weighted by atomic mass is 32.2. The van der Waals surface area contributed by atoms with Crippen molar-refractivity contribution in [1.82, 2.24) is 10.5 Å². The summed E-state index contributed by atoms with van der Waals surface area (Å²) in [5, 5.41) is 9.07. The molecule has 8 nitrogen and oxygen atoms in total. The lowest BCUT2D eigenvalue weighted by Crippen LogP contribution is -2.25. The van der Waals surface area contributed by atoms with Gasteiger partial charge in [0, 0.05) is 17.7 Å². The third kappa shape index (κ3) is 4.11. The van der Waals surface area contributed by atoms with Crippen LogP contribution in [0.3, 0.4) is 0 Å². The smallest absolute Gasteiger partial charge is 0.288 e. The number of carbonyl (C=O) groups excluding carboxylic acids is 1. The number of carbonyl (C=O) groups is 1. The third-order valence-corrected chi connectivity index (χ3v) is 4.59. The molecule has 1 amide bonds. The van der Waals surface area contributed by atoms with E-state index in [4.69, 9.17) is 5.21 Å². The molecule has 0 fully saturated rings. The molecular weight excluding hydrogens is 370 g/mol. The molecule has 1 aromatic heterocycles. The van der Waals surface area contributed by atoms with Crippen molar-refractivity contribution in [3.8, 4) is 0 Å². The number of fused-ring (bicyclic) bond motifs is 1. The van der Waals surface area contributed by atoms with E-state index in [1.165, 1.54) is 36.0 Å². The van der Waals surface area contributed by atoms with Crippen LogP contribution in [0.1, 0.15) is 5.56 Å². The fourth-order valence-electron chi connectivity index (χ4n) is 2.62. The first kappa shape index (κ1) is 18.5. The van der Waals surface area contributed by atoms with Gasteiger partial charge < -0.3 is 0 Å². The van der Waals surface area contributed by atoms with Gasteiger partial charge in [-0.1, -0.05) is 30.3 Å². The number of para-hydroxylation sites is 1. The molecule has 0 radical (unpaired) electrons. The van der Waals surface area contributed by atoms with E-state index in [0.717, 1.165) is 10.4 Å². The van der Waals surface area contributed by atoms with Crippen molar-refractivity contribution in [3.05, 3.63) is 72.4 Å². The zero-order valence-electron chi connectivity index (χ0n) is 13.9. The summed E-state index contributed by atoms with van der Waals surface area (Å²) in [6.45, 7) is 0. The molecule has 1 heterocycles. The highest BCUT2D eigenvalue weighted by Crippen LogP contribution is 2.34. The van der Waals surface area contributed by atoms with Crippen LogP contribution in [-0.2, 0) is 15.1 Å². The average molecular weight is 385 g/mol. The zero-order chi connectivity index (χ0) is 19.4. The predicted molar refractivity (Wildman–Crippen MR) is 101 cm³/mol. The Morgan fingerprint density at radius 3 is 2.63 bits per heavy atom. The fraction of sp³-hybridized carbons (Fsp3) is 0. The van der Waals surface area contributed by atoms with Crippen molar-refractivity contribution < 1.29 is 23.0 Å². The lowest BCUT2D eigenvalue weighted by molar-refractivity contribution is -0.124. The van der Waals surface area contributed by atoms with Gasteiger partial charge in [-0.25, -0.2) is 9.79 Å². The van der Waals surface area contributed by atoms with Gasteiger partial charge in [0.05, 0.1) is 16.9 Å². The Hall–Kier alpha value is -3.27. The number of hydrogen-bond acceptors (Lipinski definition) is 5. The number of pyridine rings is 1. The number of nitrogens with one attached hydrogen (secondary N) is 1. The van der Waals surface area contributed by atoms with Gasteiger partial charge in [0.25, 0.3) is 5.91 Å². The lowest BCUT2D eigenvalue weighted by Gasteiger charge is -2.22. The van der Waals surface area contributed by atoms with Crippen molar-refractivity contribution >= 4 is 44.6 Å². The SMILES string of the molecule is O=C(/C=C/c1cccc(N(c2ccnc3ccccc23)S(=O)(=O)O)c1)NO. The topological polar surface area (TPSA) is 120 Å². The Kier molecular flexibility index (Phi) is 5.17. The van der Waals surface area contributed by atoms with Crippen LogP contribution < -0.4 is 9.79 Å². The van der Waals surface area contributed by atoms with Crippen LogP contribution in [0.2, 0.25) is 0 Å². The fourth-order valence-corrected chi connectivity index (χ4v) is 3.41. The normalized spacial score (nSPS) is 11.6. The number of aromatic nitrogens is 1. The number of hydrogen-bond donors (Lipinski definition) is 3. The molecular formula is C18H15N3O5S. The number of rotatable bonds is 5. The van der Waals surface area contributed by atoms with Gasteiger partial charge in [0.15, 0.2) is 0 Å². The van der Waals surface area contributed by atoms with E-state index in [1.807, 2.05) is 0 Å². The Morgan fingerprint density at radius 2 is 1.89 bits per heavy atom. The Balaban J connectivity index is 2.15. The molecule has 0 saturated heterocycles. The predicted octanol–water partition coefficient (Wildman–Crippen LogP) is 2.69. The molecule has 3 N–H and O–H groups in total. The van der Waals surface area contributed by atoms with Crippen molar-refractivity contribution in [2.75, 3.05) is 4.31 Å². The van der Waals surface area contributed by atoms with Gasteiger partial charge in [0.1, 0.15) is 0 Å². The van der Waals surface area contributed by atoms with Crippen LogP contribution in [-0.4, -0.2) is 29.1 Å². The Bertz CT molecular complexity index is 1120. The summed E-state index contributed by atoms with van der Waals surface area (Å²) in [5.41, 5.74) is 2.92. The molecule has 0 aliphatic rings. The second-order valence-corrected chi connectivity index (χ2v) is 6.75. The molecule has 9 heteroatoms. The number of amides is 1. The van der Waals surface area contributed by atoms with E-state index in [2.05, 4.69) is 4.98 Å². The summed E-state index contributed by atoms with van der Waals surface area (Å²) in [7, 11) is -4.65. The number of nitrogens with zero attached hydrogens (tertiary/aromatic N) is 2. The maximum atomic E-state index is 12.1. The van der Waals surface area contributed by atoms with Gasteiger partial charge in [0.2, 0.25) is 0 Å². The van der Waals surface area contributed by atoms with Crippen LogP contribution in [0.15, 0.2) is 66.9 Å². The van der Waals surface area contributed by atoms with Gasteiger partial charge in [-0.15, -0.1) is 0 Å². The van der Waals surface area contributed by atoms with E-state index in [1.54, 1.807) is 36.4 Å². The van der Waals surface area contributed by atoms with Crippen LogP contribution >= 0.6 is 0 Å². The number of hydroxylamine groups is 1. The molecule has 0 aliphatic carbocycles. The number of anilines is 2. The second kappa shape index (κ2) is 7.54. The average Bonchev–Trinajstić information content (AvgIpc) is 2.66. The monoisotopic (exact) mass is 385 g/mol. The quantitative estimate of drug-likeness (QED) is 0.269. The van der Waals surface area contributed by atoms with Crippen LogP contribution in [0.4, 0.5) is 11.4 Å². The molecule has 3 rings (SSSR count). The van der Waals surface area contributed by atoms with E-state index >= 15 is 0 Å². The first-order valence-corrected chi connectivity index (χ1v) is 9.13. The van der Waals surface area contributed by atoms with Crippen LogP contribution in [0.5, 0.6) is 0 Å². The molecule has 0 bridgehead atoms. The highest BCUT2D eigenvalue weighted by Gasteiger charge is 2.24. The first-order chi connectivity index (χ1) is 12.9. The summed E-state index contributed by atoms with van der Waals surface area (Å²) in [5.74, 6) is -0.729. The molecule has 0 spiro atoms. The van der Waals surface area contributed by atoms with Crippen LogP contribution in [0.25, 0.3) is 17.0 Å². The van der Waals surface area contributed by atoms with Gasteiger partial charge >= 0.3 is 10.3 Å². The van der Waals surface area contributed by atoms with Crippen LogP contribution in [0, 0.1) is 0 Å². The summed E-state index contributed by atoms with van der Waals surface area (Å²) in [4.78, 5) is 15.3. The van der Waals surface area contributed by atoms with Gasteiger partial charge in [-0.3, -0.25) is 19.5 Å². The maximum absolute atomic E-state index is 12.1. The standard InChI is InChI=1S/C18H15N3O5S/c22-18(20-23)9-8-13-4-3-5-14(12-13)21(27(24,25)26)17-10-11-19-16-7-2-1-6-15(16)17/h1-12,23H,(H,20,22)(H,24,25,26)/b9-8+. The third-order valence-electron chi connectivity index (χ3n) is 3.72. The zero-order valence-corrected chi connectivity index (χ0v) is 14.7. The van der Waals surface area contributed by atoms with E-state index in [0.29, 0.717) is 16.5 Å². The van der Waals surface area contributed by atoms with E-state index in [9.17, 15) is 17.8 Å². The molecule has 0 unspecified atom stereocenters. The molecule has 138 valence electrons. The molecule has 0 aliphatic heterocycles. The van der Waals surface area contributed by atoms with Crippen molar-refractivity contribution in [3.63, 3.8) is 0 Å². The van der Waals surface area contributed by atoms with Gasteiger partial charge in [-0.05, 0) is 35.9 Å².